The van der Waals surface area contributed by atoms with Gasteiger partial charge in [-0.3, -0.25) is 18.8 Å². The molecule has 57 heavy (non-hydrogen) atoms. The third-order valence-corrected chi connectivity index (χ3v) is 11.5. The summed E-state index contributed by atoms with van der Waals surface area (Å²) in [6.07, 6.45) is 5.62. The Labute approximate surface area is 330 Å². The van der Waals surface area contributed by atoms with Crippen molar-refractivity contribution in [3.05, 3.63) is 71.2 Å². The number of benzene rings is 2. The smallest absolute Gasteiger partial charge is 0.312 e. The Balaban J connectivity index is 1.58. The molecule has 2 aliphatic rings. The average molecular weight is 786 g/mol. The number of nitrogens with zero attached hydrogens (tertiary/aromatic N) is 2. The molecule has 0 aliphatic carbocycles. The Kier molecular flexibility index (Phi) is 11.2. The monoisotopic (exact) mass is 785 g/mol. The maximum absolute atomic E-state index is 14.6. The van der Waals surface area contributed by atoms with E-state index in [0.29, 0.717) is 5.65 Å². The van der Waals surface area contributed by atoms with Crippen LogP contribution in [0.5, 0.6) is 17.2 Å². The number of carbonyl (C=O) groups excluding carboxylic acids is 3. The number of fused-ring (bicyclic) bond motifs is 2. The first-order valence-corrected chi connectivity index (χ1v) is 19.0. The van der Waals surface area contributed by atoms with Crippen LogP contribution in [0, 0.1) is 37.5 Å². The molecule has 0 saturated heterocycles. The molecule has 0 fully saturated rings. The minimum Gasteiger partial charge on any atom is -0.507 e. The summed E-state index contributed by atoms with van der Waals surface area (Å²) in [6, 6.07) is 3.64. The summed E-state index contributed by atoms with van der Waals surface area (Å²) in [5.41, 5.74) is 2.18. The van der Waals surface area contributed by atoms with Gasteiger partial charge in [0.1, 0.15) is 40.0 Å². The van der Waals surface area contributed by atoms with Gasteiger partial charge in [0, 0.05) is 67.3 Å². The van der Waals surface area contributed by atoms with Gasteiger partial charge in [-0.1, -0.05) is 45.9 Å². The van der Waals surface area contributed by atoms with E-state index in [0.717, 1.165) is 5.56 Å². The van der Waals surface area contributed by atoms with Crippen molar-refractivity contribution in [1.29, 1.82) is 0 Å². The first-order chi connectivity index (χ1) is 26.8. The molecule has 14 nitrogen and oxygen atoms in total. The topological polar surface area (TPSA) is 198 Å². The van der Waals surface area contributed by atoms with Crippen molar-refractivity contribution >= 4 is 50.8 Å². The summed E-state index contributed by atoms with van der Waals surface area (Å²) in [5.74, 6) is -6.96. The van der Waals surface area contributed by atoms with Crippen molar-refractivity contribution in [3.8, 4) is 17.2 Å². The van der Waals surface area contributed by atoms with Gasteiger partial charge in [0.05, 0.1) is 35.5 Å². The van der Waals surface area contributed by atoms with Crippen LogP contribution in [0.15, 0.2) is 54.5 Å². The lowest BCUT2D eigenvalue weighted by molar-refractivity contribution is -0.160. The lowest BCUT2D eigenvalue weighted by Crippen LogP contribution is -2.46. The van der Waals surface area contributed by atoms with Crippen molar-refractivity contribution in [2.24, 2.45) is 23.7 Å². The number of imidazole rings is 1. The molecule has 2 aromatic carbocycles. The van der Waals surface area contributed by atoms with Crippen LogP contribution in [0.4, 0.5) is 5.69 Å². The number of phenols is 2. The zero-order valence-corrected chi connectivity index (χ0v) is 33.8. The maximum atomic E-state index is 14.6. The highest BCUT2D eigenvalue weighted by molar-refractivity contribution is 6.28. The number of phenolic OH excluding ortho intramolecular Hbond substituents is 2. The van der Waals surface area contributed by atoms with Gasteiger partial charge in [0.15, 0.2) is 5.75 Å². The number of anilines is 1. The third-order valence-electron chi connectivity index (χ3n) is 11.5. The zero-order chi connectivity index (χ0) is 41.8. The predicted molar refractivity (Wildman–Crippen MR) is 213 cm³/mol. The molecule has 4 bridgehead atoms. The summed E-state index contributed by atoms with van der Waals surface area (Å²) in [7, 11) is 1.46. The summed E-state index contributed by atoms with van der Waals surface area (Å²) in [4.78, 5) is 45.6. The molecule has 0 saturated carbocycles. The van der Waals surface area contributed by atoms with Gasteiger partial charge in [0.2, 0.25) is 0 Å². The Morgan fingerprint density at radius 2 is 1.68 bits per heavy atom. The van der Waals surface area contributed by atoms with Gasteiger partial charge in [-0.25, -0.2) is 4.98 Å². The number of esters is 1. The van der Waals surface area contributed by atoms with E-state index < -0.39 is 77.3 Å². The highest BCUT2D eigenvalue weighted by Gasteiger charge is 2.50. The number of nitrogens with one attached hydrogen (secondary N) is 1. The number of hydrogen-bond acceptors (Lipinski definition) is 12. The highest BCUT2D eigenvalue weighted by Crippen LogP contribution is 2.54. The van der Waals surface area contributed by atoms with Crippen LogP contribution in [-0.4, -0.2) is 84.8 Å². The van der Waals surface area contributed by atoms with Crippen LogP contribution < -0.4 is 10.1 Å². The normalized spacial score (nSPS) is 30.8. The Morgan fingerprint density at radius 3 is 2.35 bits per heavy atom. The molecule has 9 atom stereocenters. The fraction of sp³-hybridized carbons (Fsp3) is 0.442. The number of aliphatic hydroxyl groups is 2. The number of hydrogen-bond donors (Lipinski definition) is 5. The molecule has 14 heteroatoms. The van der Waals surface area contributed by atoms with Crippen LogP contribution in [0.2, 0.25) is 0 Å². The van der Waals surface area contributed by atoms with Gasteiger partial charge in [-0.2, -0.15) is 0 Å². The number of allylic oxidation sites excluding steroid dienone is 2. The van der Waals surface area contributed by atoms with Crippen LogP contribution >= 0.6 is 0 Å². The highest BCUT2D eigenvalue weighted by atomic mass is 16.7. The largest absolute Gasteiger partial charge is 0.507 e. The Morgan fingerprint density at radius 1 is 0.982 bits per heavy atom. The summed E-state index contributed by atoms with van der Waals surface area (Å²) in [5, 5.41) is 49.4. The Hall–Kier alpha value is -5.44. The van der Waals surface area contributed by atoms with E-state index in [1.54, 1.807) is 63.4 Å². The van der Waals surface area contributed by atoms with Gasteiger partial charge in [0.25, 0.3) is 11.7 Å². The number of aryl methyl sites for hydroxylation is 1. The Bertz CT molecular complexity index is 2380. The number of aliphatic hydroxyl groups excluding tert-OH is 2. The fourth-order valence-electron chi connectivity index (χ4n) is 8.03. The van der Waals surface area contributed by atoms with Crippen molar-refractivity contribution in [3.63, 3.8) is 0 Å². The minimum absolute atomic E-state index is 0.0185. The SMILES string of the molecule is CO[C@H]1/C=C/O[C@]2(C)Oc3c(C)c(O)c4c(O)c(c5c(nc6cc(C)ccn65)c4c3C2=O)NC(=O)/C(C)=C/C=C/[C@H](C)[C@@H](O)[C@H](C)[C@@H](O)[C@H](C)[C@@H](OC(C)=O)[C@H]1C. The van der Waals surface area contributed by atoms with E-state index in [1.165, 1.54) is 40.2 Å². The van der Waals surface area contributed by atoms with Gasteiger partial charge in [-0.15, -0.1) is 0 Å². The average Bonchev–Trinajstić information content (AvgIpc) is 3.67. The molecule has 4 heterocycles. The van der Waals surface area contributed by atoms with Crippen LogP contribution in [-0.2, 0) is 23.8 Å². The van der Waals surface area contributed by atoms with Crippen molar-refractivity contribution < 1.29 is 53.8 Å². The molecule has 1 amide bonds. The summed E-state index contributed by atoms with van der Waals surface area (Å²) < 4.78 is 25.5. The number of amides is 1. The number of ketones is 1. The second-order valence-corrected chi connectivity index (χ2v) is 15.6. The second kappa shape index (κ2) is 15.5. The number of Topliss-reactive ketones (excluding diaryl/α,β-unsaturated/α-hetero) is 1. The molecular weight excluding hydrogens is 734 g/mol. The van der Waals surface area contributed by atoms with Gasteiger partial charge in [-0.05, 0) is 44.5 Å². The molecule has 5 N–H and O–H groups in total. The van der Waals surface area contributed by atoms with Crippen LogP contribution in [0.25, 0.3) is 27.5 Å². The third kappa shape index (κ3) is 7.10. The second-order valence-electron chi connectivity index (χ2n) is 15.6. The fourth-order valence-corrected chi connectivity index (χ4v) is 8.03. The summed E-state index contributed by atoms with van der Waals surface area (Å²) >= 11 is 0. The molecule has 0 radical (unpaired) electrons. The minimum atomic E-state index is -1.96. The first kappa shape index (κ1) is 41.2. The van der Waals surface area contributed by atoms with Gasteiger partial charge >= 0.3 is 11.8 Å². The van der Waals surface area contributed by atoms with Crippen molar-refractivity contribution in [1.82, 2.24) is 9.38 Å². The zero-order valence-electron chi connectivity index (χ0n) is 33.8. The number of pyridine rings is 1. The number of methoxy groups -OCH3 is 1. The maximum Gasteiger partial charge on any atom is 0.312 e. The number of carbonyl (C=O) groups is 3. The standard InChI is InChI=1S/C43H51N3O11/c1-19-14-16-46-28(18-19)44-32-29-30-37(50)25(7)40-31(29)41(52)43(9,57-40)55-17-15-27(54-10)22(4)39(56-26(8)47)24(6)36(49)23(5)35(48)20(2)12-11-13-21(3)42(53)45-33(34(32)46)38(30)51/h11-18,20,22-24,27,35-36,39,48-51H,1-10H3,(H,45,53)/b12-11+,17-15+,21-13+/t20-,22-,23-,24-,27-,35+,36+,39-,43+/m0/s1. The molecule has 4 aromatic rings. The molecule has 2 aromatic heterocycles. The lowest BCUT2D eigenvalue weighted by Gasteiger charge is -2.38. The number of ether oxygens (including phenoxy) is 4. The number of aromatic hydroxyl groups is 2. The molecule has 6 rings (SSSR count). The number of aromatic nitrogens is 2. The van der Waals surface area contributed by atoms with Crippen molar-refractivity contribution in [2.45, 2.75) is 92.5 Å². The predicted octanol–water partition coefficient (Wildman–Crippen LogP) is 6.16. The molecule has 0 spiro atoms. The first-order valence-electron chi connectivity index (χ1n) is 19.0. The van der Waals surface area contributed by atoms with E-state index >= 15 is 0 Å². The van der Waals surface area contributed by atoms with E-state index in [9.17, 15) is 34.8 Å². The quantitative estimate of drug-likeness (QED) is 0.115. The molecular formula is C43H51N3O11. The lowest BCUT2D eigenvalue weighted by atomic mass is 9.78. The van der Waals surface area contributed by atoms with E-state index in [1.807, 2.05) is 19.1 Å². The molecule has 0 unspecified atom stereocenters. The van der Waals surface area contributed by atoms with E-state index in [2.05, 4.69) is 5.32 Å². The van der Waals surface area contributed by atoms with Crippen LogP contribution in [0.3, 0.4) is 0 Å². The van der Waals surface area contributed by atoms with Gasteiger partial charge < -0.3 is 44.7 Å². The van der Waals surface area contributed by atoms with E-state index in [4.69, 9.17) is 23.9 Å². The van der Waals surface area contributed by atoms with Crippen molar-refractivity contribution in [2.75, 3.05) is 12.4 Å². The van der Waals surface area contributed by atoms with Crippen LogP contribution in [0.1, 0.15) is 70.0 Å². The van der Waals surface area contributed by atoms with E-state index in [-0.39, 0.29) is 55.7 Å². The molecule has 304 valence electrons. The number of rotatable bonds is 2. The molecule has 2 aliphatic heterocycles. The summed E-state index contributed by atoms with van der Waals surface area (Å²) in [6.45, 7) is 14.7.